The molecule has 0 aromatic carbocycles. The van der Waals surface area contributed by atoms with E-state index >= 15 is 0 Å². The van der Waals surface area contributed by atoms with Gasteiger partial charge < -0.3 is 10.1 Å². The number of hydrogen-bond donors (Lipinski definition) is 1. The Hall–Kier alpha value is -0.510. The normalized spacial score (nSPS) is 43.9. The summed E-state index contributed by atoms with van der Waals surface area (Å²) in [6.07, 6.45) is 1.96. The highest BCUT2D eigenvalue weighted by atomic mass is 35.5. The van der Waals surface area contributed by atoms with E-state index in [1.807, 2.05) is 6.92 Å². The number of halogens is 3. The van der Waals surface area contributed by atoms with Crippen LogP contribution in [-0.4, -0.2) is 72.4 Å². The highest BCUT2D eigenvalue weighted by molar-refractivity contribution is 7.89. The fourth-order valence-corrected chi connectivity index (χ4v) is 8.66. The second-order valence-corrected chi connectivity index (χ2v) is 12.8. The Morgan fingerprint density at radius 1 is 1.06 bits per heavy atom. The van der Waals surface area contributed by atoms with E-state index < -0.39 is 38.9 Å². The number of rotatable bonds is 4. The van der Waals surface area contributed by atoms with Gasteiger partial charge in [0.2, 0.25) is 15.9 Å². The molecule has 4 aliphatic rings. The van der Waals surface area contributed by atoms with Crippen LogP contribution in [0.1, 0.15) is 71.1 Å². The van der Waals surface area contributed by atoms with Crippen LogP contribution in [0.5, 0.6) is 0 Å². The number of amides is 1. The molecule has 0 aromatic rings. The third-order valence-corrected chi connectivity index (χ3v) is 10.6. The number of fused-ring (bicyclic) bond motifs is 1. The van der Waals surface area contributed by atoms with Crippen LogP contribution < -0.4 is 5.32 Å². The third-order valence-electron chi connectivity index (χ3n) is 7.71. The van der Waals surface area contributed by atoms with Crippen LogP contribution in [0.15, 0.2) is 0 Å². The monoisotopic (exact) mass is 496 g/mol. The molecule has 1 saturated heterocycles. The minimum absolute atomic E-state index is 0.221. The average molecular weight is 497 g/mol. The zero-order chi connectivity index (χ0) is 23.0. The van der Waals surface area contributed by atoms with E-state index in [1.54, 1.807) is 4.31 Å². The first-order valence-corrected chi connectivity index (χ1v) is 14.0. The van der Waals surface area contributed by atoms with Crippen LogP contribution >= 0.6 is 11.6 Å². The quantitative estimate of drug-likeness (QED) is 0.605. The maximum Gasteiger partial charge on any atom is 0.227 e. The van der Waals surface area contributed by atoms with Crippen molar-refractivity contribution in [1.29, 1.82) is 0 Å². The third kappa shape index (κ3) is 5.10. The van der Waals surface area contributed by atoms with Crippen molar-refractivity contribution in [2.75, 3.05) is 6.54 Å². The van der Waals surface area contributed by atoms with Gasteiger partial charge in [-0.15, -0.1) is 11.6 Å². The molecule has 184 valence electrons. The van der Waals surface area contributed by atoms with E-state index in [9.17, 15) is 22.0 Å². The van der Waals surface area contributed by atoms with Crippen molar-refractivity contribution < 1.29 is 26.7 Å². The largest absolute Gasteiger partial charge is 0.372 e. The maximum absolute atomic E-state index is 14.4. The first-order valence-electron chi connectivity index (χ1n) is 12.1. The topological polar surface area (TPSA) is 75.7 Å². The lowest BCUT2D eigenvalue weighted by Crippen LogP contribution is -2.62. The Kier molecular flexibility index (Phi) is 7.69. The lowest BCUT2D eigenvalue weighted by atomic mass is 9.84. The number of sulfonamides is 1. The molecule has 1 amide bonds. The van der Waals surface area contributed by atoms with E-state index in [0.29, 0.717) is 51.4 Å². The minimum atomic E-state index is -3.61. The standard InChI is InChI=1S/C22H35ClF2N2O4S/c1-13-12-27(32(29,30)16-8-5-14(24)6-9-16)19-11-15(7-10-20(19)31-13)26-22(28)21-17(23)3-2-4-18(21)25/h13-21H,2-12H2,1H3,(H,26,28)/t13-,14?,15?,16?,17?,18?,19?,20?,21?/m0/s1. The zero-order valence-electron chi connectivity index (χ0n) is 18.6. The van der Waals surface area contributed by atoms with Gasteiger partial charge in [0.1, 0.15) is 12.3 Å². The highest BCUT2D eigenvalue weighted by Gasteiger charge is 2.48. The number of nitrogens with zero attached hydrogens (tertiary/aromatic N) is 1. The first-order chi connectivity index (χ1) is 15.2. The molecule has 0 bridgehead atoms. The fraction of sp³-hybridized carbons (Fsp3) is 0.955. The summed E-state index contributed by atoms with van der Waals surface area (Å²) in [7, 11) is -3.61. The molecule has 4 rings (SSSR count). The zero-order valence-corrected chi connectivity index (χ0v) is 20.2. The number of carbonyl (C=O) groups excluding carboxylic acids is 1. The van der Waals surface area contributed by atoms with Crippen molar-refractivity contribution in [1.82, 2.24) is 9.62 Å². The van der Waals surface area contributed by atoms with E-state index in [0.717, 1.165) is 0 Å². The lowest BCUT2D eigenvalue weighted by molar-refractivity contribution is -0.131. The fourth-order valence-electron chi connectivity index (χ4n) is 5.97. The Balaban J connectivity index is 1.46. The SMILES string of the molecule is C[C@H]1CN(S(=O)(=O)C2CCC(F)CC2)C2CC(NC(=O)C3C(F)CCCC3Cl)CCC2O1. The van der Waals surface area contributed by atoms with Crippen LogP contribution in [0.2, 0.25) is 0 Å². The molecule has 6 unspecified atom stereocenters. The average Bonchev–Trinajstić information content (AvgIpc) is 2.73. The molecule has 32 heavy (non-hydrogen) atoms. The van der Waals surface area contributed by atoms with Gasteiger partial charge in [0.05, 0.1) is 29.4 Å². The summed E-state index contributed by atoms with van der Waals surface area (Å²) >= 11 is 6.26. The molecule has 7 atom stereocenters. The molecule has 1 aliphatic heterocycles. The molecule has 4 fully saturated rings. The van der Waals surface area contributed by atoms with Gasteiger partial charge in [0.15, 0.2) is 0 Å². The van der Waals surface area contributed by atoms with Crippen molar-refractivity contribution in [3.05, 3.63) is 0 Å². The molecular formula is C22H35ClF2N2O4S. The van der Waals surface area contributed by atoms with E-state index in [4.69, 9.17) is 16.3 Å². The van der Waals surface area contributed by atoms with E-state index in [2.05, 4.69) is 5.32 Å². The van der Waals surface area contributed by atoms with Gasteiger partial charge in [-0.05, 0) is 71.1 Å². The van der Waals surface area contributed by atoms with Crippen LogP contribution in [0.4, 0.5) is 8.78 Å². The molecule has 3 aliphatic carbocycles. The maximum atomic E-state index is 14.4. The number of alkyl halides is 3. The molecule has 1 heterocycles. The van der Waals surface area contributed by atoms with Crippen LogP contribution in [-0.2, 0) is 19.6 Å². The molecule has 0 radical (unpaired) electrons. The summed E-state index contributed by atoms with van der Waals surface area (Å²) in [6.45, 7) is 2.13. The van der Waals surface area contributed by atoms with Gasteiger partial charge in [0, 0.05) is 18.0 Å². The Morgan fingerprint density at radius 3 is 2.47 bits per heavy atom. The summed E-state index contributed by atoms with van der Waals surface area (Å²) < 4.78 is 62.6. The van der Waals surface area contributed by atoms with Crippen molar-refractivity contribution in [3.8, 4) is 0 Å². The number of nitrogens with one attached hydrogen (secondary N) is 1. The summed E-state index contributed by atoms with van der Waals surface area (Å²) in [5.74, 6) is -1.23. The van der Waals surface area contributed by atoms with Gasteiger partial charge in [-0.2, -0.15) is 4.31 Å². The predicted molar refractivity (Wildman–Crippen MR) is 119 cm³/mol. The predicted octanol–water partition coefficient (Wildman–Crippen LogP) is 3.47. The highest BCUT2D eigenvalue weighted by Crippen LogP contribution is 2.37. The summed E-state index contributed by atoms with van der Waals surface area (Å²) in [5, 5.41) is 1.88. The molecule has 3 saturated carbocycles. The van der Waals surface area contributed by atoms with Crippen molar-refractivity contribution in [3.63, 3.8) is 0 Å². The summed E-state index contributed by atoms with van der Waals surface area (Å²) in [5.41, 5.74) is 0. The molecule has 10 heteroatoms. The smallest absolute Gasteiger partial charge is 0.227 e. The van der Waals surface area contributed by atoms with Crippen molar-refractivity contribution >= 4 is 27.5 Å². The molecular weight excluding hydrogens is 462 g/mol. The van der Waals surface area contributed by atoms with Crippen LogP contribution in [0.25, 0.3) is 0 Å². The summed E-state index contributed by atoms with van der Waals surface area (Å²) in [6, 6.07) is -0.629. The van der Waals surface area contributed by atoms with Gasteiger partial charge in [-0.3, -0.25) is 4.79 Å². The van der Waals surface area contributed by atoms with Crippen LogP contribution in [0.3, 0.4) is 0 Å². The van der Waals surface area contributed by atoms with Crippen molar-refractivity contribution in [2.24, 2.45) is 5.92 Å². The van der Waals surface area contributed by atoms with E-state index in [1.165, 1.54) is 0 Å². The number of carbonyl (C=O) groups is 1. The first kappa shape index (κ1) is 24.6. The molecule has 0 aromatic heterocycles. The van der Waals surface area contributed by atoms with Crippen LogP contribution in [0, 0.1) is 5.92 Å². The van der Waals surface area contributed by atoms with E-state index in [-0.39, 0.29) is 49.6 Å². The Bertz CT molecular complexity index is 770. The number of morpholine rings is 1. The van der Waals surface area contributed by atoms with Gasteiger partial charge in [0.25, 0.3) is 0 Å². The number of hydrogen-bond acceptors (Lipinski definition) is 4. The molecule has 1 N–H and O–H groups in total. The minimum Gasteiger partial charge on any atom is -0.372 e. The second kappa shape index (κ2) is 10.0. The lowest BCUT2D eigenvalue weighted by Gasteiger charge is -2.48. The van der Waals surface area contributed by atoms with Gasteiger partial charge >= 0.3 is 0 Å². The Morgan fingerprint density at radius 2 is 1.78 bits per heavy atom. The summed E-state index contributed by atoms with van der Waals surface area (Å²) in [4.78, 5) is 12.8. The Labute approximate surface area is 194 Å². The van der Waals surface area contributed by atoms with Crippen molar-refractivity contribution in [2.45, 2.75) is 118 Å². The molecule has 6 nitrogen and oxygen atoms in total. The number of ether oxygens (including phenoxy) is 1. The van der Waals surface area contributed by atoms with Gasteiger partial charge in [-0.25, -0.2) is 17.2 Å². The second-order valence-electron chi connectivity index (χ2n) is 10.0. The molecule has 0 spiro atoms. The van der Waals surface area contributed by atoms with Gasteiger partial charge in [-0.1, -0.05) is 0 Å².